The minimum atomic E-state index is -0.884. The molecule has 1 aromatic carbocycles. The summed E-state index contributed by atoms with van der Waals surface area (Å²) in [5.74, 6) is -1.72. The monoisotopic (exact) mass is 384 g/mol. The Labute approximate surface area is 163 Å². The van der Waals surface area contributed by atoms with Gasteiger partial charge in [-0.3, -0.25) is 9.59 Å². The van der Waals surface area contributed by atoms with Crippen LogP contribution in [-0.2, 0) is 27.2 Å². The quantitative estimate of drug-likeness (QED) is 0.716. The molecule has 0 aliphatic heterocycles. The van der Waals surface area contributed by atoms with Gasteiger partial charge >= 0.3 is 5.97 Å². The molecule has 2 amide bonds. The summed E-state index contributed by atoms with van der Waals surface area (Å²) in [5, 5.41) is 5.32. The summed E-state index contributed by atoms with van der Waals surface area (Å²) in [7, 11) is 0. The fourth-order valence-electron chi connectivity index (χ4n) is 3.19. The number of fused-ring (bicyclic) bond motifs is 1. The highest BCUT2D eigenvalue weighted by atomic mass is 16.5. The van der Waals surface area contributed by atoms with E-state index in [0.717, 1.165) is 19.3 Å². The van der Waals surface area contributed by atoms with E-state index in [2.05, 4.69) is 10.6 Å². The van der Waals surface area contributed by atoms with E-state index < -0.39 is 30.4 Å². The van der Waals surface area contributed by atoms with Crippen LogP contribution in [0.15, 0.2) is 41.0 Å². The van der Waals surface area contributed by atoms with Crippen molar-refractivity contribution in [3.63, 3.8) is 0 Å². The van der Waals surface area contributed by atoms with Crippen molar-refractivity contribution in [2.75, 3.05) is 11.9 Å². The SMILES string of the molecule is CC(C)[C@H](NC(=O)c1ccco1)C(=O)OCC(=O)Nc1ccc2c(c1)CCC2. The zero-order valence-electron chi connectivity index (χ0n) is 16.0. The molecule has 2 N–H and O–H groups in total. The number of hydrogen-bond donors (Lipinski definition) is 2. The predicted octanol–water partition coefficient (Wildman–Crippen LogP) is 2.70. The lowest BCUT2D eigenvalue weighted by Crippen LogP contribution is -2.45. The molecule has 0 fully saturated rings. The maximum absolute atomic E-state index is 12.4. The lowest BCUT2D eigenvalue weighted by molar-refractivity contribution is -0.150. The summed E-state index contributed by atoms with van der Waals surface area (Å²) in [4.78, 5) is 36.6. The summed E-state index contributed by atoms with van der Waals surface area (Å²) in [6.45, 7) is 3.13. The number of furan rings is 1. The van der Waals surface area contributed by atoms with Crippen LogP contribution in [0.3, 0.4) is 0 Å². The number of benzene rings is 1. The van der Waals surface area contributed by atoms with Crippen molar-refractivity contribution < 1.29 is 23.5 Å². The topological polar surface area (TPSA) is 97.6 Å². The maximum Gasteiger partial charge on any atom is 0.329 e. The number of anilines is 1. The van der Waals surface area contributed by atoms with Crippen LogP contribution in [0.4, 0.5) is 5.69 Å². The third kappa shape index (κ3) is 4.79. The molecule has 0 radical (unpaired) electrons. The molecule has 2 aromatic rings. The van der Waals surface area contributed by atoms with Gasteiger partial charge in [-0.25, -0.2) is 4.79 Å². The van der Waals surface area contributed by atoms with Crippen LogP contribution in [0.2, 0.25) is 0 Å². The van der Waals surface area contributed by atoms with Gasteiger partial charge in [-0.05, 0) is 60.6 Å². The Morgan fingerprint density at radius 1 is 1.14 bits per heavy atom. The zero-order chi connectivity index (χ0) is 20.1. The van der Waals surface area contributed by atoms with E-state index in [1.807, 2.05) is 18.2 Å². The first kappa shape index (κ1) is 19.7. The summed E-state index contributed by atoms with van der Waals surface area (Å²) in [5.41, 5.74) is 3.25. The molecule has 0 bridgehead atoms. The lowest BCUT2D eigenvalue weighted by atomic mass is 10.0. The van der Waals surface area contributed by atoms with Gasteiger partial charge in [0, 0.05) is 5.69 Å². The number of aryl methyl sites for hydroxylation is 2. The summed E-state index contributed by atoms with van der Waals surface area (Å²) in [6.07, 6.45) is 4.59. The molecule has 3 rings (SSSR count). The van der Waals surface area contributed by atoms with Gasteiger partial charge in [-0.1, -0.05) is 19.9 Å². The van der Waals surface area contributed by atoms with Gasteiger partial charge in [0.1, 0.15) is 6.04 Å². The third-order valence-corrected chi connectivity index (χ3v) is 4.68. The maximum atomic E-state index is 12.4. The van der Waals surface area contributed by atoms with Crippen LogP contribution in [0.25, 0.3) is 0 Å². The molecule has 148 valence electrons. The molecule has 7 heteroatoms. The number of carbonyl (C=O) groups is 3. The van der Waals surface area contributed by atoms with E-state index in [-0.39, 0.29) is 11.7 Å². The Kier molecular flexibility index (Phi) is 6.13. The second kappa shape index (κ2) is 8.73. The predicted molar refractivity (Wildman–Crippen MR) is 103 cm³/mol. The van der Waals surface area contributed by atoms with Gasteiger partial charge in [-0.2, -0.15) is 0 Å². The Morgan fingerprint density at radius 2 is 1.93 bits per heavy atom. The molecule has 0 saturated heterocycles. The van der Waals surface area contributed by atoms with E-state index in [9.17, 15) is 14.4 Å². The molecular formula is C21H24N2O5. The van der Waals surface area contributed by atoms with E-state index >= 15 is 0 Å². The van der Waals surface area contributed by atoms with Crippen molar-refractivity contribution in [3.05, 3.63) is 53.5 Å². The minimum absolute atomic E-state index is 0.104. The van der Waals surface area contributed by atoms with Crippen molar-refractivity contribution in [1.29, 1.82) is 0 Å². The van der Waals surface area contributed by atoms with Crippen molar-refractivity contribution in [1.82, 2.24) is 5.32 Å². The van der Waals surface area contributed by atoms with Crippen LogP contribution in [0, 0.1) is 5.92 Å². The Morgan fingerprint density at radius 3 is 2.64 bits per heavy atom. The second-order valence-electron chi connectivity index (χ2n) is 7.17. The molecule has 7 nitrogen and oxygen atoms in total. The van der Waals surface area contributed by atoms with Gasteiger partial charge in [0.15, 0.2) is 12.4 Å². The number of nitrogens with one attached hydrogen (secondary N) is 2. The first-order valence-corrected chi connectivity index (χ1v) is 9.36. The molecule has 28 heavy (non-hydrogen) atoms. The summed E-state index contributed by atoms with van der Waals surface area (Å²) >= 11 is 0. The highest BCUT2D eigenvalue weighted by Gasteiger charge is 2.27. The van der Waals surface area contributed by atoms with Crippen LogP contribution in [0.1, 0.15) is 41.9 Å². The van der Waals surface area contributed by atoms with E-state index in [0.29, 0.717) is 5.69 Å². The van der Waals surface area contributed by atoms with E-state index in [1.165, 1.54) is 23.5 Å². The van der Waals surface area contributed by atoms with Gasteiger partial charge in [0.25, 0.3) is 11.8 Å². The first-order valence-electron chi connectivity index (χ1n) is 9.36. The van der Waals surface area contributed by atoms with Crippen molar-refractivity contribution in [3.8, 4) is 0 Å². The minimum Gasteiger partial charge on any atom is -0.459 e. The van der Waals surface area contributed by atoms with Crippen LogP contribution >= 0.6 is 0 Å². The molecule has 0 unspecified atom stereocenters. The van der Waals surface area contributed by atoms with Crippen molar-refractivity contribution >= 4 is 23.5 Å². The number of rotatable bonds is 7. The van der Waals surface area contributed by atoms with E-state index in [4.69, 9.17) is 9.15 Å². The second-order valence-corrected chi connectivity index (χ2v) is 7.17. The highest BCUT2D eigenvalue weighted by Crippen LogP contribution is 2.24. The molecule has 0 saturated carbocycles. The molecule has 1 aliphatic rings. The average Bonchev–Trinajstić information content (AvgIpc) is 3.35. The number of hydrogen-bond acceptors (Lipinski definition) is 5. The normalized spacial score (nSPS) is 13.7. The molecule has 1 atom stereocenters. The van der Waals surface area contributed by atoms with Crippen LogP contribution in [-0.4, -0.2) is 30.4 Å². The smallest absolute Gasteiger partial charge is 0.329 e. The molecule has 1 aliphatic carbocycles. The molecule has 0 spiro atoms. The summed E-state index contributed by atoms with van der Waals surface area (Å²) < 4.78 is 10.1. The first-order chi connectivity index (χ1) is 13.4. The van der Waals surface area contributed by atoms with Gasteiger partial charge in [-0.15, -0.1) is 0 Å². The van der Waals surface area contributed by atoms with Crippen LogP contribution < -0.4 is 10.6 Å². The summed E-state index contributed by atoms with van der Waals surface area (Å²) in [6, 6.07) is 8.03. The van der Waals surface area contributed by atoms with Gasteiger partial charge in [0.05, 0.1) is 6.26 Å². The fourth-order valence-corrected chi connectivity index (χ4v) is 3.19. The number of amides is 2. The average molecular weight is 384 g/mol. The van der Waals surface area contributed by atoms with Crippen molar-refractivity contribution in [2.24, 2.45) is 5.92 Å². The lowest BCUT2D eigenvalue weighted by Gasteiger charge is -2.20. The van der Waals surface area contributed by atoms with Gasteiger partial charge < -0.3 is 19.8 Å². The van der Waals surface area contributed by atoms with Crippen molar-refractivity contribution in [2.45, 2.75) is 39.2 Å². The Balaban J connectivity index is 1.52. The van der Waals surface area contributed by atoms with E-state index in [1.54, 1.807) is 19.9 Å². The molecule has 1 heterocycles. The highest BCUT2D eigenvalue weighted by molar-refractivity contribution is 5.96. The third-order valence-electron chi connectivity index (χ3n) is 4.68. The zero-order valence-corrected chi connectivity index (χ0v) is 16.0. The number of carbonyl (C=O) groups excluding carboxylic acids is 3. The fraction of sp³-hybridized carbons (Fsp3) is 0.381. The van der Waals surface area contributed by atoms with Gasteiger partial charge in [0.2, 0.25) is 0 Å². The molecule has 1 aromatic heterocycles. The number of esters is 1. The Bertz CT molecular complexity index is 858. The standard InChI is InChI=1S/C21H24N2O5/c1-13(2)19(23-20(25)17-7-4-10-27-17)21(26)28-12-18(24)22-16-9-8-14-5-3-6-15(14)11-16/h4,7-11,13,19H,3,5-6,12H2,1-2H3,(H,22,24)(H,23,25)/t19-/m0/s1. The van der Waals surface area contributed by atoms with Crippen LogP contribution in [0.5, 0.6) is 0 Å². The largest absolute Gasteiger partial charge is 0.459 e. The molecular weight excluding hydrogens is 360 g/mol. The number of ether oxygens (including phenoxy) is 1. The Hall–Kier alpha value is -3.09.